The smallest absolute Gasteiger partial charge is 0.237 e. The molecule has 2 N–H and O–H groups in total. The number of nitrogens with zero attached hydrogens (tertiary/aromatic N) is 1. The molecule has 2 unspecified atom stereocenters. The minimum atomic E-state index is -0.0572. The molecule has 5 nitrogen and oxygen atoms in total. The number of likely N-dealkylation sites (tertiary alicyclic amines) is 1. The number of amides is 2. The molecule has 0 spiro atoms. The molecule has 2 aliphatic rings. The molecule has 0 aromatic heterocycles. The van der Waals surface area contributed by atoms with E-state index in [0.29, 0.717) is 13.0 Å². The van der Waals surface area contributed by atoms with Gasteiger partial charge in [0.25, 0.3) is 0 Å². The maximum absolute atomic E-state index is 11.9. The summed E-state index contributed by atoms with van der Waals surface area (Å²) in [6.07, 6.45) is 2.40. The fourth-order valence-corrected chi connectivity index (χ4v) is 2.54. The quantitative estimate of drug-likeness (QED) is 0.721. The summed E-state index contributed by atoms with van der Waals surface area (Å²) in [6, 6.07) is 0.145. The normalized spacial score (nSPS) is 29.1. The third-order valence-corrected chi connectivity index (χ3v) is 3.50. The van der Waals surface area contributed by atoms with Gasteiger partial charge in [0, 0.05) is 19.0 Å². The molecular weight excluding hydrogens is 218 g/mol. The lowest BCUT2D eigenvalue weighted by molar-refractivity contribution is -0.129. The summed E-state index contributed by atoms with van der Waals surface area (Å²) in [5.41, 5.74) is 0. The van der Waals surface area contributed by atoms with E-state index in [4.69, 9.17) is 0 Å². The largest absolute Gasteiger partial charge is 0.350 e. The van der Waals surface area contributed by atoms with Gasteiger partial charge in [-0.1, -0.05) is 0 Å². The van der Waals surface area contributed by atoms with E-state index in [1.165, 1.54) is 0 Å². The lowest BCUT2D eigenvalue weighted by Crippen LogP contribution is -2.46. The molecule has 17 heavy (non-hydrogen) atoms. The Bertz CT molecular complexity index is 311. The average Bonchev–Trinajstić information content (AvgIpc) is 2.86. The summed E-state index contributed by atoms with van der Waals surface area (Å²) in [5.74, 6) is 0.190. The van der Waals surface area contributed by atoms with Crippen LogP contribution in [-0.2, 0) is 9.59 Å². The minimum Gasteiger partial charge on any atom is -0.350 e. The van der Waals surface area contributed by atoms with Gasteiger partial charge >= 0.3 is 0 Å². The van der Waals surface area contributed by atoms with Gasteiger partial charge in [-0.25, -0.2) is 0 Å². The summed E-state index contributed by atoms with van der Waals surface area (Å²) in [4.78, 5) is 25.4. The van der Waals surface area contributed by atoms with Crippen molar-refractivity contribution >= 4 is 11.8 Å². The first-order valence-corrected chi connectivity index (χ1v) is 6.41. The van der Waals surface area contributed by atoms with Crippen LogP contribution in [0.1, 0.15) is 33.1 Å². The van der Waals surface area contributed by atoms with Crippen LogP contribution < -0.4 is 10.6 Å². The maximum Gasteiger partial charge on any atom is 0.237 e. The van der Waals surface area contributed by atoms with Gasteiger partial charge in [0.2, 0.25) is 11.8 Å². The molecule has 2 rings (SSSR count). The molecule has 2 fully saturated rings. The number of rotatable bonds is 3. The summed E-state index contributed by atoms with van der Waals surface area (Å²) in [7, 11) is 0. The Morgan fingerprint density at radius 2 is 2.29 bits per heavy atom. The van der Waals surface area contributed by atoms with E-state index in [2.05, 4.69) is 10.6 Å². The first-order chi connectivity index (χ1) is 8.08. The molecule has 5 heteroatoms. The minimum absolute atomic E-state index is 0.0141. The van der Waals surface area contributed by atoms with Crippen LogP contribution in [0.4, 0.5) is 0 Å². The van der Waals surface area contributed by atoms with Gasteiger partial charge in [0.1, 0.15) is 0 Å². The zero-order valence-corrected chi connectivity index (χ0v) is 10.5. The third kappa shape index (κ3) is 2.77. The van der Waals surface area contributed by atoms with Crippen molar-refractivity contribution in [2.24, 2.45) is 0 Å². The topological polar surface area (TPSA) is 61.4 Å². The Morgan fingerprint density at radius 3 is 2.82 bits per heavy atom. The van der Waals surface area contributed by atoms with Crippen LogP contribution in [0.15, 0.2) is 0 Å². The zero-order valence-electron chi connectivity index (χ0n) is 10.5. The number of carbonyl (C=O) groups excluding carboxylic acids is 2. The van der Waals surface area contributed by atoms with E-state index in [-0.39, 0.29) is 29.9 Å². The van der Waals surface area contributed by atoms with Crippen molar-refractivity contribution in [1.82, 2.24) is 15.5 Å². The van der Waals surface area contributed by atoms with Gasteiger partial charge in [-0.3, -0.25) is 9.59 Å². The Balaban J connectivity index is 1.84. The van der Waals surface area contributed by atoms with Crippen molar-refractivity contribution in [3.8, 4) is 0 Å². The van der Waals surface area contributed by atoms with E-state index < -0.39 is 0 Å². The molecule has 0 saturated carbocycles. The summed E-state index contributed by atoms with van der Waals surface area (Å²) < 4.78 is 0. The molecule has 2 saturated heterocycles. The van der Waals surface area contributed by atoms with Crippen LogP contribution >= 0.6 is 0 Å². The van der Waals surface area contributed by atoms with Crippen LogP contribution in [0.3, 0.4) is 0 Å². The fourth-order valence-electron chi connectivity index (χ4n) is 2.54. The van der Waals surface area contributed by atoms with E-state index >= 15 is 0 Å². The number of carbonyl (C=O) groups is 2. The van der Waals surface area contributed by atoms with E-state index in [0.717, 1.165) is 19.4 Å². The highest BCUT2D eigenvalue weighted by Gasteiger charge is 2.33. The number of hydrogen-bond donors (Lipinski definition) is 2. The molecule has 0 aliphatic carbocycles. The average molecular weight is 239 g/mol. The second-order valence-corrected chi connectivity index (χ2v) is 5.20. The van der Waals surface area contributed by atoms with Crippen molar-refractivity contribution in [2.75, 3.05) is 13.1 Å². The van der Waals surface area contributed by atoms with Gasteiger partial charge in [0.05, 0.1) is 12.1 Å². The van der Waals surface area contributed by atoms with Gasteiger partial charge in [-0.05, 0) is 33.2 Å². The Hall–Kier alpha value is -1.10. The van der Waals surface area contributed by atoms with Crippen LogP contribution in [0, 0.1) is 0 Å². The first kappa shape index (κ1) is 12.4. The summed E-state index contributed by atoms with van der Waals surface area (Å²) in [5, 5.41) is 6.14. The first-order valence-electron chi connectivity index (χ1n) is 6.41. The van der Waals surface area contributed by atoms with Gasteiger partial charge in [-0.15, -0.1) is 0 Å². The zero-order chi connectivity index (χ0) is 12.4. The Morgan fingerprint density at radius 1 is 1.53 bits per heavy atom. The van der Waals surface area contributed by atoms with Crippen LogP contribution in [0.5, 0.6) is 0 Å². The molecule has 2 amide bonds. The Kier molecular flexibility index (Phi) is 3.66. The molecular formula is C12H21N3O2. The molecule has 0 radical (unpaired) electrons. The van der Waals surface area contributed by atoms with E-state index in [1.54, 1.807) is 0 Å². The molecule has 2 aliphatic heterocycles. The standard InChI is InChI=1S/C12H21N3O2/c1-8(2)15-7-9(6-11(15)16)14-12(17)10-4-3-5-13-10/h8-10,13H,3-7H2,1-2H3,(H,14,17). The van der Waals surface area contributed by atoms with Gasteiger partial charge < -0.3 is 15.5 Å². The lowest BCUT2D eigenvalue weighted by atomic mass is 10.2. The van der Waals surface area contributed by atoms with Crippen molar-refractivity contribution in [3.05, 3.63) is 0 Å². The predicted molar refractivity (Wildman–Crippen MR) is 64.4 cm³/mol. The van der Waals surface area contributed by atoms with Gasteiger partial charge in [0.15, 0.2) is 0 Å². The second-order valence-electron chi connectivity index (χ2n) is 5.20. The summed E-state index contributed by atoms with van der Waals surface area (Å²) >= 11 is 0. The SMILES string of the molecule is CC(C)N1CC(NC(=O)C2CCCN2)CC1=O. The molecule has 0 aromatic rings. The van der Waals surface area contributed by atoms with Crippen molar-refractivity contribution in [2.45, 2.75) is 51.2 Å². The molecule has 2 atom stereocenters. The van der Waals surface area contributed by atoms with Crippen molar-refractivity contribution < 1.29 is 9.59 Å². The molecule has 96 valence electrons. The van der Waals surface area contributed by atoms with E-state index in [9.17, 15) is 9.59 Å². The third-order valence-electron chi connectivity index (χ3n) is 3.50. The van der Waals surface area contributed by atoms with Crippen molar-refractivity contribution in [1.29, 1.82) is 0 Å². The molecule has 0 bridgehead atoms. The highest BCUT2D eigenvalue weighted by Crippen LogP contribution is 2.15. The van der Waals surface area contributed by atoms with Crippen LogP contribution in [0.2, 0.25) is 0 Å². The van der Waals surface area contributed by atoms with Crippen LogP contribution in [0.25, 0.3) is 0 Å². The molecule has 0 aromatic carbocycles. The highest BCUT2D eigenvalue weighted by molar-refractivity contribution is 5.85. The predicted octanol–water partition coefficient (Wildman–Crippen LogP) is -0.136. The van der Waals surface area contributed by atoms with Crippen molar-refractivity contribution in [3.63, 3.8) is 0 Å². The highest BCUT2D eigenvalue weighted by atomic mass is 16.2. The lowest BCUT2D eigenvalue weighted by Gasteiger charge is -2.21. The number of nitrogens with one attached hydrogen (secondary N) is 2. The maximum atomic E-state index is 11.9. The number of hydrogen-bond acceptors (Lipinski definition) is 3. The summed E-state index contributed by atoms with van der Waals surface area (Å²) in [6.45, 7) is 5.57. The molecule has 2 heterocycles. The van der Waals surface area contributed by atoms with Crippen LogP contribution in [-0.4, -0.2) is 47.9 Å². The van der Waals surface area contributed by atoms with Gasteiger partial charge in [-0.2, -0.15) is 0 Å². The Labute approximate surface area is 102 Å². The second kappa shape index (κ2) is 5.04. The van der Waals surface area contributed by atoms with E-state index in [1.807, 2.05) is 18.7 Å². The fraction of sp³-hybridized carbons (Fsp3) is 0.833. The monoisotopic (exact) mass is 239 g/mol.